The molecule has 1 aromatic carbocycles. The zero-order valence-corrected chi connectivity index (χ0v) is 24.9. The highest BCUT2D eigenvalue weighted by molar-refractivity contribution is 7.17. The predicted octanol–water partition coefficient (Wildman–Crippen LogP) is 5.20. The molecule has 1 atom stereocenters. The topological polar surface area (TPSA) is 126 Å². The lowest BCUT2D eigenvalue weighted by Crippen LogP contribution is -2.41. The first-order chi connectivity index (χ1) is 20.2. The van der Waals surface area contributed by atoms with Gasteiger partial charge in [-0.15, -0.1) is 11.3 Å². The van der Waals surface area contributed by atoms with Gasteiger partial charge in [0.15, 0.2) is 27.6 Å². The summed E-state index contributed by atoms with van der Waals surface area (Å²) in [6, 6.07) is 1.20. The van der Waals surface area contributed by atoms with Gasteiger partial charge in [-0.3, -0.25) is 4.99 Å². The summed E-state index contributed by atoms with van der Waals surface area (Å²) in [5, 5.41) is 15.3. The third-order valence-electron chi connectivity index (χ3n) is 6.90. The van der Waals surface area contributed by atoms with Gasteiger partial charge in [-0.1, -0.05) is 29.0 Å². The van der Waals surface area contributed by atoms with E-state index in [1.54, 1.807) is 18.5 Å². The minimum absolute atomic E-state index is 0.0844. The normalized spacial score (nSPS) is 17.7. The number of allylic oxidation sites excluding steroid dienone is 1. The third kappa shape index (κ3) is 5.89. The molecule has 0 spiro atoms. The van der Waals surface area contributed by atoms with Crippen molar-refractivity contribution in [2.24, 2.45) is 10.9 Å². The van der Waals surface area contributed by atoms with Gasteiger partial charge in [-0.05, 0) is 25.8 Å². The number of amidine groups is 1. The third-order valence-corrected chi connectivity index (χ3v) is 9.21. The summed E-state index contributed by atoms with van der Waals surface area (Å²) < 4.78 is 39.1. The molecule has 2 N–H and O–H groups in total. The van der Waals surface area contributed by atoms with Crippen LogP contribution < -0.4 is 10.2 Å². The summed E-state index contributed by atoms with van der Waals surface area (Å²) in [6.45, 7) is 2.89. The molecular formula is C27H26ClF2N5O5S2. The molecule has 1 fully saturated rings. The highest BCUT2D eigenvalue weighted by Gasteiger charge is 2.38. The van der Waals surface area contributed by atoms with Crippen LogP contribution in [0.15, 0.2) is 40.0 Å². The van der Waals surface area contributed by atoms with E-state index >= 15 is 0 Å². The number of nitrogens with one attached hydrogen (secondary N) is 1. The molecule has 42 heavy (non-hydrogen) atoms. The lowest BCUT2D eigenvalue weighted by atomic mass is 9.85. The molecule has 1 unspecified atom stereocenters. The largest absolute Gasteiger partial charge is 0.477 e. The quantitative estimate of drug-likeness (QED) is 0.240. The summed E-state index contributed by atoms with van der Waals surface area (Å²) in [5.74, 6) is -3.86. The molecule has 10 nitrogen and oxygen atoms in total. The first-order valence-electron chi connectivity index (χ1n) is 13.0. The molecule has 4 heterocycles. The Morgan fingerprint density at radius 2 is 2.02 bits per heavy atom. The number of carbonyl (C=O) groups is 2. The Hall–Kier alpha value is -3.46. The van der Waals surface area contributed by atoms with Crippen LogP contribution in [-0.4, -0.2) is 59.7 Å². The molecule has 0 saturated carbocycles. The Labute approximate surface area is 252 Å². The number of anilines is 1. The van der Waals surface area contributed by atoms with Crippen molar-refractivity contribution in [1.82, 2.24) is 15.3 Å². The second kappa shape index (κ2) is 12.8. The highest BCUT2D eigenvalue weighted by atomic mass is 35.5. The number of carboxylic acid groups (broad SMARTS) is 1. The number of aliphatic imine (C=N–C) groups is 1. The van der Waals surface area contributed by atoms with E-state index in [0.717, 1.165) is 17.4 Å². The number of methoxy groups -OCH3 is 1. The molecule has 2 aliphatic heterocycles. The van der Waals surface area contributed by atoms with Crippen molar-refractivity contribution in [3.8, 4) is 0 Å². The standard InChI is InChI=1S/C27H26ClF2N5O5S2/c1-3-40-26(38)17-20(13-6-9-35(10-7-13)27-32-16(12-39-2)22(42-27)25(36)37)33-23(24-31-8-11-41-24)34-21(17)14-4-5-15(29)19(30)18(14)28/h4-5,8,11,13,21H,3,6-7,9-10,12H2,1-2H3,(H,33,34)(H,36,37). The van der Waals surface area contributed by atoms with Crippen molar-refractivity contribution < 1.29 is 33.0 Å². The van der Waals surface area contributed by atoms with Crippen molar-refractivity contribution in [2.75, 3.05) is 31.7 Å². The summed E-state index contributed by atoms with van der Waals surface area (Å²) in [5.41, 5.74) is 1.19. The number of hydrogen-bond donors (Lipinski definition) is 2. The Balaban J connectivity index is 1.52. The van der Waals surface area contributed by atoms with Gasteiger partial charge >= 0.3 is 11.9 Å². The summed E-state index contributed by atoms with van der Waals surface area (Å²) in [6.07, 6.45) is 2.75. The van der Waals surface area contributed by atoms with E-state index in [0.29, 0.717) is 53.3 Å². The van der Waals surface area contributed by atoms with Crippen LogP contribution in [0.25, 0.3) is 0 Å². The van der Waals surface area contributed by atoms with Crippen molar-refractivity contribution in [2.45, 2.75) is 32.4 Å². The van der Waals surface area contributed by atoms with Crippen molar-refractivity contribution >= 4 is 57.2 Å². The summed E-state index contributed by atoms with van der Waals surface area (Å²) in [4.78, 5) is 40.8. The first kappa shape index (κ1) is 30.0. The molecule has 2 aromatic heterocycles. The number of aromatic carboxylic acids is 1. The fraction of sp³-hybridized carbons (Fsp3) is 0.370. The monoisotopic (exact) mass is 637 g/mol. The molecule has 1 saturated heterocycles. The minimum Gasteiger partial charge on any atom is -0.477 e. The number of carbonyl (C=O) groups excluding carboxylic acids is 1. The van der Waals surface area contributed by atoms with E-state index in [2.05, 4.69) is 15.3 Å². The molecule has 0 bridgehead atoms. The van der Waals surface area contributed by atoms with Gasteiger partial charge in [-0.25, -0.2) is 28.3 Å². The minimum atomic E-state index is -1.23. The van der Waals surface area contributed by atoms with E-state index in [1.807, 2.05) is 4.90 Å². The SMILES string of the molecule is CCOC(=O)C1=C(C2CCN(c3nc(COC)c(C(=O)O)s3)CC2)NC(c2nccs2)=NC1c1ccc(F)c(F)c1Cl. The van der Waals surface area contributed by atoms with E-state index in [4.69, 9.17) is 26.1 Å². The number of carboxylic acids is 1. The highest BCUT2D eigenvalue weighted by Crippen LogP contribution is 2.41. The van der Waals surface area contributed by atoms with Crippen LogP contribution in [0.4, 0.5) is 13.9 Å². The van der Waals surface area contributed by atoms with Gasteiger partial charge < -0.3 is 24.8 Å². The number of benzene rings is 1. The van der Waals surface area contributed by atoms with Crippen molar-refractivity contribution in [1.29, 1.82) is 0 Å². The Bertz CT molecular complexity index is 1550. The average Bonchev–Trinajstić information content (AvgIpc) is 3.67. The smallest absolute Gasteiger partial charge is 0.347 e. The number of hydrogen-bond acceptors (Lipinski definition) is 11. The molecule has 222 valence electrons. The lowest BCUT2D eigenvalue weighted by Gasteiger charge is -2.36. The van der Waals surface area contributed by atoms with Crippen LogP contribution in [0.2, 0.25) is 5.02 Å². The van der Waals surface area contributed by atoms with Crippen molar-refractivity contribution in [3.05, 3.63) is 72.8 Å². The number of thiazole rings is 2. The van der Waals surface area contributed by atoms with Crippen LogP contribution in [0.1, 0.15) is 51.7 Å². The zero-order chi connectivity index (χ0) is 30.0. The number of esters is 1. The Kier molecular flexibility index (Phi) is 9.16. The lowest BCUT2D eigenvalue weighted by molar-refractivity contribution is -0.139. The molecule has 2 aliphatic rings. The first-order valence-corrected chi connectivity index (χ1v) is 15.1. The van der Waals surface area contributed by atoms with Crippen LogP contribution in [0.5, 0.6) is 0 Å². The number of rotatable bonds is 9. The van der Waals surface area contributed by atoms with E-state index in [-0.39, 0.29) is 35.1 Å². The molecule has 15 heteroatoms. The predicted molar refractivity (Wildman–Crippen MR) is 154 cm³/mol. The van der Waals surface area contributed by atoms with Gasteiger partial charge in [0.25, 0.3) is 0 Å². The average molecular weight is 638 g/mol. The van der Waals surface area contributed by atoms with Crippen LogP contribution in [-0.2, 0) is 20.9 Å². The maximum absolute atomic E-state index is 14.6. The Morgan fingerprint density at radius 1 is 1.26 bits per heavy atom. The second-order valence-electron chi connectivity index (χ2n) is 9.43. The zero-order valence-electron chi connectivity index (χ0n) is 22.5. The number of nitrogens with zero attached hydrogens (tertiary/aromatic N) is 4. The molecular weight excluding hydrogens is 612 g/mol. The van der Waals surface area contributed by atoms with E-state index < -0.39 is 34.6 Å². The van der Waals surface area contributed by atoms with Gasteiger partial charge in [0.1, 0.15) is 10.9 Å². The van der Waals surface area contributed by atoms with Crippen LogP contribution in [0, 0.1) is 17.6 Å². The van der Waals surface area contributed by atoms with Gasteiger partial charge in [0.05, 0.1) is 29.5 Å². The number of ether oxygens (including phenoxy) is 2. The van der Waals surface area contributed by atoms with Gasteiger partial charge in [-0.2, -0.15) is 0 Å². The molecule has 0 aliphatic carbocycles. The fourth-order valence-corrected chi connectivity index (χ4v) is 6.79. The van der Waals surface area contributed by atoms with Gasteiger partial charge in [0, 0.05) is 49.0 Å². The molecule has 0 amide bonds. The van der Waals surface area contributed by atoms with Crippen LogP contribution >= 0.6 is 34.3 Å². The number of halogens is 3. The Morgan fingerprint density at radius 3 is 2.67 bits per heavy atom. The number of aromatic nitrogens is 2. The maximum atomic E-state index is 14.6. The second-order valence-corrected chi connectivity index (χ2v) is 11.7. The van der Waals surface area contributed by atoms with Crippen LogP contribution in [0.3, 0.4) is 0 Å². The fourth-order valence-electron chi connectivity index (χ4n) is 4.98. The number of piperidine rings is 1. The maximum Gasteiger partial charge on any atom is 0.347 e. The summed E-state index contributed by atoms with van der Waals surface area (Å²) >= 11 is 8.69. The van der Waals surface area contributed by atoms with Crippen molar-refractivity contribution in [3.63, 3.8) is 0 Å². The molecule has 3 aromatic rings. The molecule has 0 radical (unpaired) electrons. The van der Waals surface area contributed by atoms with E-state index in [9.17, 15) is 23.5 Å². The molecule has 5 rings (SSSR count). The van der Waals surface area contributed by atoms with Gasteiger partial charge in [0.2, 0.25) is 0 Å². The van der Waals surface area contributed by atoms with E-state index in [1.165, 1.54) is 24.5 Å². The summed E-state index contributed by atoms with van der Waals surface area (Å²) in [7, 11) is 1.48.